The molecule has 0 aliphatic heterocycles. The average molecular weight is 278 g/mol. The minimum atomic E-state index is -0.181. The normalized spacial score (nSPS) is 13.7. The first-order valence-corrected chi connectivity index (χ1v) is 7.01. The molecule has 0 saturated heterocycles. The van der Waals surface area contributed by atoms with E-state index in [-0.39, 0.29) is 18.3 Å². The summed E-state index contributed by atoms with van der Waals surface area (Å²) in [6.45, 7) is 11.2. The van der Waals surface area contributed by atoms with Gasteiger partial charge in [-0.15, -0.1) is 0 Å². The van der Waals surface area contributed by atoms with E-state index in [1.165, 1.54) is 0 Å². The summed E-state index contributed by atoms with van der Waals surface area (Å²) in [5, 5.41) is 8.59. The van der Waals surface area contributed by atoms with E-state index in [2.05, 4.69) is 6.92 Å². The Bertz CT molecular complexity index is 191. The molecule has 1 unspecified atom stereocenters. The second kappa shape index (κ2) is 11.6. The fraction of sp³-hybridized carbons (Fsp3) is 1.00. The number of ether oxygens (including phenoxy) is 4. The standard InChI is InChI=1S/C14H30O5/c1-5-7-17-11-13(12-19-14(2,3)4)18-10-9-16-8-6-15/h13,15H,5-12H2,1-4H3. The van der Waals surface area contributed by atoms with Crippen molar-refractivity contribution in [1.29, 1.82) is 0 Å². The largest absolute Gasteiger partial charge is 0.394 e. The number of hydrogen-bond donors (Lipinski definition) is 1. The third-order valence-electron chi connectivity index (χ3n) is 2.17. The molecule has 19 heavy (non-hydrogen) atoms. The van der Waals surface area contributed by atoms with Crippen LogP contribution in [0.5, 0.6) is 0 Å². The highest BCUT2D eigenvalue weighted by molar-refractivity contribution is 4.63. The van der Waals surface area contributed by atoms with Crippen molar-refractivity contribution in [2.45, 2.75) is 45.8 Å². The van der Waals surface area contributed by atoms with E-state index in [9.17, 15) is 0 Å². The predicted octanol–water partition coefficient (Wildman–Crippen LogP) is 1.62. The number of aliphatic hydroxyl groups is 1. The van der Waals surface area contributed by atoms with Crippen molar-refractivity contribution < 1.29 is 24.1 Å². The molecule has 5 heteroatoms. The van der Waals surface area contributed by atoms with Crippen LogP contribution in [0.2, 0.25) is 0 Å². The fourth-order valence-corrected chi connectivity index (χ4v) is 1.29. The Labute approximate surface area is 117 Å². The Hall–Kier alpha value is -0.200. The van der Waals surface area contributed by atoms with E-state index in [1.54, 1.807) is 0 Å². The third-order valence-corrected chi connectivity index (χ3v) is 2.17. The number of aliphatic hydroxyl groups excluding tert-OH is 1. The summed E-state index contributed by atoms with van der Waals surface area (Å²) >= 11 is 0. The third kappa shape index (κ3) is 14.0. The van der Waals surface area contributed by atoms with E-state index in [1.807, 2.05) is 20.8 Å². The first kappa shape index (κ1) is 18.8. The monoisotopic (exact) mass is 278 g/mol. The highest BCUT2D eigenvalue weighted by Gasteiger charge is 2.16. The molecule has 116 valence electrons. The molecule has 0 fully saturated rings. The summed E-state index contributed by atoms with van der Waals surface area (Å²) in [4.78, 5) is 0. The van der Waals surface area contributed by atoms with Crippen molar-refractivity contribution in [3.8, 4) is 0 Å². The van der Waals surface area contributed by atoms with Gasteiger partial charge < -0.3 is 24.1 Å². The van der Waals surface area contributed by atoms with E-state index < -0.39 is 0 Å². The van der Waals surface area contributed by atoms with Crippen molar-refractivity contribution in [3.63, 3.8) is 0 Å². The van der Waals surface area contributed by atoms with E-state index in [0.717, 1.165) is 13.0 Å². The van der Waals surface area contributed by atoms with Gasteiger partial charge in [-0.05, 0) is 27.2 Å². The Morgan fingerprint density at radius 2 is 1.68 bits per heavy atom. The lowest BCUT2D eigenvalue weighted by Gasteiger charge is -2.24. The molecule has 0 aromatic heterocycles. The first-order valence-electron chi connectivity index (χ1n) is 7.01. The molecule has 0 heterocycles. The summed E-state index contributed by atoms with van der Waals surface area (Å²) in [6, 6.07) is 0. The lowest BCUT2D eigenvalue weighted by atomic mass is 10.2. The van der Waals surface area contributed by atoms with Crippen LogP contribution < -0.4 is 0 Å². The Morgan fingerprint density at radius 3 is 2.26 bits per heavy atom. The SMILES string of the molecule is CCCOCC(COC(C)(C)C)OCCOCCO. The maximum absolute atomic E-state index is 8.59. The van der Waals surface area contributed by atoms with Gasteiger partial charge in [0.15, 0.2) is 0 Å². The molecule has 0 rings (SSSR count). The van der Waals surface area contributed by atoms with Crippen LogP contribution in [0.3, 0.4) is 0 Å². The van der Waals surface area contributed by atoms with Gasteiger partial charge >= 0.3 is 0 Å². The zero-order valence-electron chi connectivity index (χ0n) is 12.8. The Morgan fingerprint density at radius 1 is 0.947 bits per heavy atom. The van der Waals surface area contributed by atoms with Crippen LogP contribution in [0.1, 0.15) is 34.1 Å². The van der Waals surface area contributed by atoms with Crippen molar-refractivity contribution in [2.24, 2.45) is 0 Å². The van der Waals surface area contributed by atoms with Crippen LogP contribution in [-0.2, 0) is 18.9 Å². The first-order chi connectivity index (χ1) is 8.99. The number of hydrogen-bond acceptors (Lipinski definition) is 5. The van der Waals surface area contributed by atoms with Gasteiger partial charge in [0.2, 0.25) is 0 Å². The van der Waals surface area contributed by atoms with Gasteiger partial charge in [-0.25, -0.2) is 0 Å². The van der Waals surface area contributed by atoms with Crippen LogP contribution in [0.15, 0.2) is 0 Å². The van der Waals surface area contributed by atoms with Gasteiger partial charge in [-0.1, -0.05) is 6.92 Å². The minimum absolute atomic E-state index is 0.0379. The molecule has 0 radical (unpaired) electrons. The molecule has 1 atom stereocenters. The second-order valence-corrected chi connectivity index (χ2v) is 5.33. The van der Waals surface area contributed by atoms with Crippen LogP contribution in [-0.4, -0.2) is 63.1 Å². The maximum Gasteiger partial charge on any atom is 0.104 e. The second-order valence-electron chi connectivity index (χ2n) is 5.33. The van der Waals surface area contributed by atoms with E-state index >= 15 is 0 Å². The zero-order valence-corrected chi connectivity index (χ0v) is 12.8. The summed E-state index contributed by atoms with van der Waals surface area (Å²) < 4.78 is 22.0. The average Bonchev–Trinajstić information content (AvgIpc) is 2.34. The molecule has 0 saturated carbocycles. The maximum atomic E-state index is 8.59. The molecule has 0 aliphatic rings. The van der Waals surface area contributed by atoms with Gasteiger partial charge in [0, 0.05) is 6.61 Å². The lowest BCUT2D eigenvalue weighted by molar-refractivity contribution is -0.105. The Kier molecular flexibility index (Phi) is 11.5. The van der Waals surface area contributed by atoms with Gasteiger partial charge in [0.25, 0.3) is 0 Å². The molecule has 1 N–H and O–H groups in total. The zero-order chi connectivity index (χ0) is 14.6. The fourth-order valence-electron chi connectivity index (χ4n) is 1.29. The van der Waals surface area contributed by atoms with E-state index in [4.69, 9.17) is 24.1 Å². The van der Waals surface area contributed by atoms with Crippen molar-refractivity contribution in [2.75, 3.05) is 46.2 Å². The summed E-state index contributed by atoms with van der Waals surface area (Å²) in [5.74, 6) is 0. The predicted molar refractivity (Wildman–Crippen MR) is 74.5 cm³/mol. The lowest BCUT2D eigenvalue weighted by Crippen LogP contribution is -2.32. The van der Waals surface area contributed by atoms with Crippen LogP contribution in [0.4, 0.5) is 0 Å². The molecule has 0 aromatic rings. The van der Waals surface area contributed by atoms with Gasteiger partial charge in [0.1, 0.15) is 6.10 Å². The van der Waals surface area contributed by atoms with Crippen molar-refractivity contribution in [1.82, 2.24) is 0 Å². The van der Waals surface area contributed by atoms with Crippen LogP contribution in [0, 0.1) is 0 Å². The van der Waals surface area contributed by atoms with Gasteiger partial charge in [0.05, 0.1) is 45.2 Å². The van der Waals surface area contributed by atoms with Crippen LogP contribution in [0.25, 0.3) is 0 Å². The highest BCUT2D eigenvalue weighted by atomic mass is 16.6. The molecular formula is C14H30O5. The highest BCUT2D eigenvalue weighted by Crippen LogP contribution is 2.08. The Balaban J connectivity index is 3.82. The minimum Gasteiger partial charge on any atom is -0.394 e. The van der Waals surface area contributed by atoms with Crippen LogP contribution >= 0.6 is 0 Å². The van der Waals surface area contributed by atoms with Gasteiger partial charge in [-0.2, -0.15) is 0 Å². The van der Waals surface area contributed by atoms with E-state index in [0.29, 0.717) is 33.0 Å². The van der Waals surface area contributed by atoms with Crippen molar-refractivity contribution >= 4 is 0 Å². The smallest absolute Gasteiger partial charge is 0.104 e. The molecule has 0 amide bonds. The number of rotatable bonds is 12. The topological polar surface area (TPSA) is 57.2 Å². The molecule has 5 nitrogen and oxygen atoms in total. The molecule has 0 spiro atoms. The molecule has 0 bridgehead atoms. The quantitative estimate of drug-likeness (QED) is 0.550. The van der Waals surface area contributed by atoms with Crippen molar-refractivity contribution in [3.05, 3.63) is 0 Å². The molecule has 0 aliphatic carbocycles. The summed E-state index contributed by atoms with van der Waals surface area (Å²) in [7, 11) is 0. The molecule has 0 aromatic carbocycles. The van der Waals surface area contributed by atoms with Gasteiger partial charge in [-0.3, -0.25) is 0 Å². The summed E-state index contributed by atoms with van der Waals surface area (Å²) in [5.41, 5.74) is -0.181. The summed E-state index contributed by atoms with van der Waals surface area (Å²) in [6.07, 6.45) is 0.912. The molecular weight excluding hydrogens is 248 g/mol.